The van der Waals surface area contributed by atoms with Gasteiger partial charge in [-0.25, -0.2) is 0 Å². The number of carbonyl (C=O) groups is 1. The first kappa shape index (κ1) is 14.7. The molecule has 3 N–H and O–H groups in total. The van der Waals surface area contributed by atoms with Gasteiger partial charge in [-0.05, 0) is 31.6 Å². The number of carbonyl (C=O) groups excluding carboxylic acids is 1. The molecule has 1 aliphatic heterocycles. The SMILES string of the molecule is NC(=S)C1(C(=O)N2CCCC(CO)C2)CCCCC1. The van der Waals surface area contributed by atoms with E-state index >= 15 is 0 Å². The predicted octanol–water partition coefficient (Wildman–Crippen LogP) is 1.45. The van der Waals surface area contributed by atoms with Crippen molar-refractivity contribution in [2.45, 2.75) is 44.9 Å². The minimum atomic E-state index is -0.606. The van der Waals surface area contributed by atoms with Crippen molar-refractivity contribution >= 4 is 23.1 Å². The standard InChI is InChI=1S/C14H24N2O2S/c15-12(19)14(6-2-1-3-7-14)13(18)16-8-4-5-11(9-16)10-17/h11,17H,1-10H2,(H2,15,19). The lowest BCUT2D eigenvalue weighted by Gasteiger charge is -2.41. The summed E-state index contributed by atoms with van der Waals surface area (Å²) in [5.41, 5.74) is 5.31. The zero-order chi connectivity index (χ0) is 13.9. The Morgan fingerprint density at radius 2 is 2.00 bits per heavy atom. The van der Waals surface area contributed by atoms with E-state index in [0.717, 1.165) is 51.5 Å². The summed E-state index contributed by atoms with van der Waals surface area (Å²) in [5, 5.41) is 9.29. The fraction of sp³-hybridized carbons (Fsp3) is 0.857. The molecule has 1 saturated heterocycles. The summed E-state index contributed by atoms with van der Waals surface area (Å²) in [6.45, 7) is 1.59. The molecule has 4 nitrogen and oxygen atoms in total. The number of nitrogens with two attached hydrogens (primary N) is 1. The van der Waals surface area contributed by atoms with Crippen molar-refractivity contribution in [3.8, 4) is 0 Å². The fourth-order valence-corrected chi connectivity index (χ4v) is 3.71. The molecule has 0 bridgehead atoms. The molecule has 0 aromatic rings. The van der Waals surface area contributed by atoms with Crippen molar-refractivity contribution < 1.29 is 9.90 Å². The third-order valence-corrected chi connectivity index (χ3v) is 5.04. The van der Waals surface area contributed by atoms with Gasteiger partial charge in [0.05, 0.1) is 10.4 Å². The van der Waals surface area contributed by atoms with Gasteiger partial charge in [-0.15, -0.1) is 0 Å². The molecule has 1 amide bonds. The molecule has 0 aromatic heterocycles. The molecule has 108 valence electrons. The number of likely N-dealkylation sites (tertiary alicyclic amines) is 1. The molecular formula is C14H24N2O2S. The molecular weight excluding hydrogens is 260 g/mol. The molecule has 0 radical (unpaired) electrons. The zero-order valence-electron chi connectivity index (χ0n) is 11.4. The quantitative estimate of drug-likeness (QED) is 0.770. The smallest absolute Gasteiger partial charge is 0.235 e. The Labute approximate surface area is 120 Å². The van der Waals surface area contributed by atoms with E-state index in [4.69, 9.17) is 18.0 Å². The van der Waals surface area contributed by atoms with Crippen LogP contribution in [0.25, 0.3) is 0 Å². The Morgan fingerprint density at radius 1 is 1.32 bits per heavy atom. The summed E-state index contributed by atoms with van der Waals surface area (Å²) in [4.78, 5) is 15.1. The Balaban J connectivity index is 2.13. The van der Waals surface area contributed by atoms with Crippen LogP contribution in [0.1, 0.15) is 44.9 Å². The maximum atomic E-state index is 12.9. The van der Waals surface area contributed by atoms with Gasteiger partial charge < -0.3 is 15.7 Å². The van der Waals surface area contributed by atoms with Gasteiger partial charge in [0.25, 0.3) is 0 Å². The lowest BCUT2D eigenvalue weighted by molar-refractivity contribution is -0.141. The molecule has 2 rings (SSSR count). The van der Waals surface area contributed by atoms with E-state index in [0.29, 0.717) is 11.5 Å². The number of hydrogen-bond donors (Lipinski definition) is 2. The van der Waals surface area contributed by atoms with E-state index in [9.17, 15) is 9.90 Å². The Bertz CT molecular complexity index is 353. The second-order valence-electron chi connectivity index (χ2n) is 5.95. The largest absolute Gasteiger partial charge is 0.396 e. The van der Waals surface area contributed by atoms with Crippen LogP contribution in [0.15, 0.2) is 0 Å². The molecule has 5 heteroatoms. The zero-order valence-corrected chi connectivity index (χ0v) is 12.3. The number of nitrogens with zero attached hydrogens (tertiary/aromatic N) is 1. The van der Waals surface area contributed by atoms with Crippen molar-refractivity contribution in [1.82, 2.24) is 4.90 Å². The summed E-state index contributed by atoms with van der Waals surface area (Å²) >= 11 is 5.21. The second-order valence-corrected chi connectivity index (χ2v) is 6.39. The van der Waals surface area contributed by atoms with E-state index in [2.05, 4.69) is 0 Å². The average molecular weight is 284 g/mol. The molecule has 2 fully saturated rings. The minimum absolute atomic E-state index is 0.109. The normalized spacial score (nSPS) is 27.0. The van der Waals surface area contributed by atoms with E-state index < -0.39 is 5.41 Å². The monoisotopic (exact) mass is 284 g/mol. The van der Waals surface area contributed by atoms with Crippen LogP contribution in [-0.4, -0.2) is 40.6 Å². The maximum Gasteiger partial charge on any atom is 0.235 e. The Hall–Kier alpha value is -0.680. The molecule has 1 heterocycles. The van der Waals surface area contributed by atoms with Gasteiger partial charge in [0.2, 0.25) is 5.91 Å². The highest BCUT2D eigenvalue weighted by molar-refractivity contribution is 7.80. The first-order valence-corrected chi connectivity index (χ1v) is 7.71. The van der Waals surface area contributed by atoms with Crippen molar-refractivity contribution in [2.24, 2.45) is 17.1 Å². The lowest BCUT2D eigenvalue weighted by atomic mass is 9.72. The van der Waals surface area contributed by atoms with Crippen LogP contribution in [-0.2, 0) is 4.79 Å². The molecule has 0 aromatic carbocycles. The van der Waals surface area contributed by atoms with Gasteiger partial charge in [-0.3, -0.25) is 4.79 Å². The van der Waals surface area contributed by atoms with Gasteiger partial charge >= 0.3 is 0 Å². The lowest BCUT2D eigenvalue weighted by Crippen LogP contribution is -2.54. The second kappa shape index (κ2) is 6.18. The van der Waals surface area contributed by atoms with Gasteiger partial charge in [0.15, 0.2) is 0 Å². The third-order valence-electron chi connectivity index (χ3n) is 4.65. The molecule has 0 spiro atoms. The van der Waals surface area contributed by atoms with Crippen LogP contribution < -0.4 is 5.73 Å². The van der Waals surface area contributed by atoms with Crippen LogP contribution in [0, 0.1) is 11.3 Å². The number of amides is 1. The highest BCUT2D eigenvalue weighted by Crippen LogP contribution is 2.39. The number of aliphatic hydroxyl groups excluding tert-OH is 1. The van der Waals surface area contributed by atoms with Crippen LogP contribution in [0.4, 0.5) is 0 Å². The maximum absolute atomic E-state index is 12.9. The summed E-state index contributed by atoms with van der Waals surface area (Å²) < 4.78 is 0. The molecule has 19 heavy (non-hydrogen) atoms. The van der Waals surface area contributed by atoms with Crippen molar-refractivity contribution in [2.75, 3.05) is 19.7 Å². The highest BCUT2D eigenvalue weighted by atomic mass is 32.1. The van der Waals surface area contributed by atoms with Gasteiger partial charge in [-0.1, -0.05) is 31.5 Å². The molecule has 1 atom stereocenters. The molecule has 2 aliphatic rings. The number of aliphatic hydroxyl groups is 1. The van der Waals surface area contributed by atoms with Crippen LogP contribution >= 0.6 is 12.2 Å². The van der Waals surface area contributed by atoms with Gasteiger partial charge in [0, 0.05) is 19.7 Å². The summed E-state index contributed by atoms with van der Waals surface area (Å²) in [6, 6.07) is 0. The summed E-state index contributed by atoms with van der Waals surface area (Å²) in [7, 11) is 0. The van der Waals surface area contributed by atoms with Crippen molar-refractivity contribution in [3.63, 3.8) is 0 Å². The molecule has 1 aliphatic carbocycles. The number of thiocarbonyl (C=S) groups is 1. The molecule has 1 saturated carbocycles. The van der Waals surface area contributed by atoms with Crippen LogP contribution in [0.2, 0.25) is 0 Å². The first-order valence-electron chi connectivity index (χ1n) is 7.30. The number of hydrogen-bond acceptors (Lipinski definition) is 3. The topological polar surface area (TPSA) is 66.6 Å². The average Bonchev–Trinajstić information content (AvgIpc) is 2.47. The van der Waals surface area contributed by atoms with E-state index in [1.165, 1.54) is 0 Å². The molecule has 1 unspecified atom stereocenters. The van der Waals surface area contributed by atoms with E-state index in [1.807, 2.05) is 4.90 Å². The fourth-order valence-electron chi connectivity index (χ4n) is 3.42. The van der Waals surface area contributed by atoms with Crippen molar-refractivity contribution in [1.29, 1.82) is 0 Å². The number of piperidine rings is 1. The Kier molecular flexibility index (Phi) is 4.79. The van der Waals surface area contributed by atoms with Gasteiger partial charge in [-0.2, -0.15) is 0 Å². The van der Waals surface area contributed by atoms with Crippen molar-refractivity contribution in [3.05, 3.63) is 0 Å². The van der Waals surface area contributed by atoms with Crippen LogP contribution in [0.5, 0.6) is 0 Å². The van der Waals surface area contributed by atoms with E-state index in [-0.39, 0.29) is 18.4 Å². The predicted molar refractivity (Wildman–Crippen MR) is 78.7 cm³/mol. The first-order chi connectivity index (χ1) is 9.10. The summed E-state index contributed by atoms with van der Waals surface area (Å²) in [5.74, 6) is 0.322. The summed E-state index contributed by atoms with van der Waals surface area (Å²) in [6.07, 6.45) is 6.77. The minimum Gasteiger partial charge on any atom is -0.396 e. The van der Waals surface area contributed by atoms with Crippen LogP contribution in [0.3, 0.4) is 0 Å². The van der Waals surface area contributed by atoms with Gasteiger partial charge in [0.1, 0.15) is 0 Å². The highest BCUT2D eigenvalue weighted by Gasteiger charge is 2.45. The third kappa shape index (κ3) is 2.92. The number of rotatable bonds is 3. The Morgan fingerprint density at radius 3 is 2.58 bits per heavy atom. The van der Waals surface area contributed by atoms with E-state index in [1.54, 1.807) is 0 Å².